The van der Waals surface area contributed by atoms with Crippen LogP contribution in [0.25, 0.3) is 0 Å². The van der Waals surface area contributed by atoms with Crippen LogP contribution in [0.1, 0.15) is 32.1 Å². The number of nitrogens with zero attached hydrogens (tertiary/aromatic N) is 3. The second-order valence-corrected chi connectivity index (χ2v) is 5.68. The van der Waals surface area contributed by atoms with Crippen LogP contribution in [0.3, 0.4) is 0 Å². The van der Waals surface area contributed by atoms with Gasteiger partial charge in [0.25, 0.3) is 0 Å². The van der Waals surface area contributed by atoms with Gasteiger partial charge in [-0.2, -0.15) is 0 Å². The minimum atomic E-state index is 0.674. The van der Waals surface area contributed by atoms with Crippen molar-refractivity contribution in [2.24, 2.45) is 10.8 Å². The molecule has 116 valence electrons. The number of rotatable bonds is 5. The van der Waals surface area contributed by atoms with Gasteiger partial charge < -0.3 is 9.64 Å². The Bertz CT molecular complexity index is 304. The summed E-state index contributed by atoms with van der Waals surface area (Å²) in [4.78, 5) is 9.47. The third-order valence-corrected chi connectivity index (χ3v) is 4.27. The predicted octanol–water partition coefficient (Wildman–Crippen LogP) is 0.402. The first kappa shape index (κ1) is 15.5. The molecule has 0 saturated carbocycles. The smallest absolute Gasteiger partial charge is 0.208 e. The monoisotopic (exact) mass is 283 g/mol. The van der Waals surface area contributed by atoms with Crippen molar-refractivity contribution >= 4 is 5.96 Å². The van der Waals surface area contributed by atoms with Crippen molar-refractivity contribution in [2.75, 3.05) is 46.4 Å². The number of guanidine groups is 1. The lowest BCUT2D eigenvalue weighted by Gasteiger charge is -2.32. The van der Waals surface area contributed by atoms with Crippen LogP contribution in [0.2, 0.25) is 0 Å². The summed E-state index contributed by atoms with van der Waals surface area (Å²) in [6.45, 7) is 6.13. The quantitative estimate of drug-likeness (QED) is 0.251. The molecule has 0 aromatic rings. The minimum absolute atomic E-state index is 0.674. The summed E-state index contributed by atoms with van der Waals surface area (Å²) in [6, 6.07) is 0.674. The summed E-state index contributed by atoms with van der Waals surface area (Å²) in [5.74, 6) is 6.46. The van der Waals surface area contributed by atoms with Crippen LogP contribution < -0.4 is 11.3 Å². The summed E-state index contributed by atoms with van der Waals surface area (Å²) in [5.41, 5.74) is 2.76. The molecule has 2 rings (SSSR count). The number of piperidine rings is 1. The number of hydrogen-bond donors (Lipinski definition) is 2. The fraction of sp³-hybridized carbons (Fsp3) is 0.929. The van der Waals surface area contributed by atoms with Crippen molar-refractivity contribution in [2.45, 2.75) is 38.1 Å². The predicted molar refractivity (Wildman–Crippen MR) is 81.5 cm³/mol. The Hall–Kier alpha value is -0.850. The molecule has 20 heavy (non-hydrogen) atoms. The molecule has 0 radical (unpaired) electrons. The zero-order valence-corrected chi connectivity index (χ0v) is 12.7. The average molecular weight is 283 g/mol. The Morgan fingerprint density at radius 1 is 1.30 bits per heavy atom. The van der Waals surface area contributed by atoms with Gasteiger partial charge in [-0.3, -0.25) is 15.3 Å². The van der Waals surface area contributed by atoms with Crippen LogP contribution in [-0.2, 0) is 4.74 Å². The number of hydrogen-bond acceptors (Lipinski definition) is 4. The Balaban J connectivity index is 1.79. The van der Waals surface area contributed by atoms with E-state index in [2.05, 4.69) is 20.2 Å². The highest BCUT2D eigenvalue weighted by atomic mass is 16.5. The Labute approximate surface area is 122 Å². The van der Waals surface area contributed by atoms with E-state index in [0.29, 0.717) is 6.04 Å². The van der Waals surface area contributed by atoms with Crippen molar-refractivity contribution in [3.05, 3.63) is 0 Å². The lowest BCUT2D eigenvalue weighted by atomic mass is 10.1. The van der Waals surface area contributed by atoms with Crippen molar-refractivity contribution < 1.29 is 4.74 Å². The van der Waals surface area contributed by atoms with Gasteiger partial charge in [0.05, 0.1) is 0 Å². The standard InChI is InChI=1S/C14H29N5O/c1-20-11-5-7-16-14(17-15)19-10-6-13(12-19)18-8-3-2-4-9-18/h13H,2-12,15H2,1H3,(H,16,17). The van der Waals surface area contributed by atoms with Crippen LogP contribution in [0.5, 0.6) is 0 Å². The Morgan fingerprint density at radius 3 is 2.80 bits per heavy atom. The van der Waals surface area contributed by atoms with E-state index >= 15 is 0 Å². The van der Waals surface area contributed by atoms with Crippen LogP contribution in [0.4, 0.5) is 0 Å². The zero-order valence-electron chi connectivity index (χ0n) is 12.7. The van der Waals surface area contributed by atoms with Gasteiger partial charge in [-0.15, -0.1) is 0 Å². The van der Waals surface area contributed by atoms with Crippen molar-refractivity contribution in [3.63, 3.8) is 0 Å². The number of ether oxygens (including phenoxy) is 1. The zero-order chi connectivity index (χ0) is 14.2. The summed E-state index contributed by atoms with van der Waals surface area (Å²) in [7, 11) is 1.72. The van der Waals surface area contributed by atoms with Gasteiger partial charge in [0.15, 0.2) is 0 Å². The van der Waals surface area contributed by atoms with Gasteiger partial charge in [-0.25, -0.2) is 5.84 Å². The molecule has 0 bridgehead atoms. The second kappa shape index (κ2) is 8.44. The lowest BCUT2D eigenvalue weighted by molar-refractivity contribution is 0.168. The Morgan fingerprint density at radius 2 is 2.10 bits per heavy atom. The van der Waals surface area contributed by atoms with Crippen molar-refractivity contribution in [3.8, 4) is 0 Å². The van der Waals surface area contributed by atoms with Gasteiger partial charge in [0.2, 0.25) is 5.96 Å². The van der Waals surface area contributed by atoms with Gasteiger partial charge >= 0.3 is 0 Å². The van der Waals surface area contributed by atoms with Crippen LogP contribution in [0, 0.1) is 0 Å². The van der Waals surface area contributed by atoms with E-state index in [9.17, 15) is 0 Å². The molecular weight excluding hydrogens is 254 g/mol. The molecule has 0 amide bonds. The molecule has 6 heteroatoms. The second-order valence-electron chi connectivity index (χ2n) is 5.68. The largest absolute Gasteiger partial charge is 0.385 e. The highest BCUT2D eigenvalue weighted by Gasteiger charge is 2.29. The molecule has 3 N–H and O–H groups in total. The first-order valence-corrected chi connectivity index (χ1v) is 7.84. The van der Waals surface area contributed by atoms with Crippen molar-refractivity contribution in [1.29, 1.82) is 0 Å². The van der Waals surface area contributed by atoms with Gasteiger partial charge in [-0.05, 0) is 38.8 Å². The molecular formula is C14H29N5O. The maximum absolute atomic E-state index is 5.62. The topological polar surface area (TPSA) is 66.1 Å². The van der Waals surface area contributed by atoms with Gasteiger partial charge in [0, 0.05) is 39.4 Å². The highest BCUT2D eigenvalue weighted by Crippen LogP contribution is 2.20. The fourth-order valence-corrected chi connectivity index (χ4v) is 3.15. The summed E-state index contributed by atoms with van der Waals surface area (Å²) in [6.07, 6.45) is 6.25. The minimum Gasteiger partial charge on any atom is -0.385 e. The van der Waals surface area contributed by atoms with Gasteiger partial charge in [0.1, 0.15) is 0 Å². The van der Waals surface area contributed by atoms with E-state index in [4.69, 9.17) is 10.6 Å². The molecule has 2 aliphatic rings. The molecule has 0 spiro atoms. The summed E-state index contributed by atoms with van der Waals surface area (Å²) in [5, 5.41) is 0. The molecule has 2 fully saturated rings. The molecule has 1 unspecified atom stereocenters. The van der Waals surface area contributed by atoms with Crippen molar-refractivity contribution in [1.82, 2.24) is 15.2 Å². The molecule has 0 aromatic carbocycles. The normalized spacial score (nSPS) is 25.2. The third-order valence-electron chi connectivity index (χ3n) is 4.27. The summed E-state index contributed by atoms with van der Waals surface area (Å²) >= 11 is 0. The molecule has 2 saturated heterocycles. The number of nitrogens with one attached hydrogen (secondary N) is 1. The third kappa shape index (κ3) is 4.33. The Kier molecular flexibility index (Phi) is 6.56. The first-order chi connectivity index (χ1) is 9.85. The van der Waals surface area contributed by atoms with Crippen LogP contribution in [-0.4, -0.2) is 68.2 Å². The van der Waals surface area contributed by atoms with E-state index in [1.807, 2.05) is 0 Å². The molecule has 6 nitrogen and oxygen atoms in total. The van der Waals surface area contributed by atoms with Gasteiger partial charge in [-0.1, -0.05) is 6.42 Å². The molecule has 2 aliphatic heterocycles. The molecule has 0 aliphatic carbocycles. The number of nitrogens with two attached hydrogens (primary N) is 1. The highest BCUT2D eigenvalue weighted by molar-refractivity contribution is 5.79. The molecule has 2 heterocycles. The van der Waals surface area contributed by atoms with E-state index in [0.717, 1.165) is 38.6 Å². The SMILES string of the molecule is COCCCN=C(NN)N1CCC(N2CCCCC2)C1. The maximum atomic E-state index is 5.62. The van der Waals surface area contributed by atoms with E-state index in [-0.39, 0.29) is 0 Å². The van der Waals surface area contributed by atoms with Crippen LogP contribution in [0.15, 0.2) is 4.99 Å². The fourth-order valence-electron chi connectivity index (χ4n) is 3.15. The first-order valence-electron chi connectivity index (χ1n) is 7.84. The molecule has 0 aromatic heterocycles. The maximum Gasteiger partial charge on any atom is 0.208 e. The van der Waals surface area contributed by atoms with Crippen LogP contribution >= 0.6 is 0 Å². The number of hydrazine groups is 1. The number of likely N-dealkylation sites (tertiary alicyclic amines) is 2. The number of aliphatic imine (C=N–C) groups is 1. The lowest BCUT2D eigenvalue weighted by Crippen LogP contribution is -2.46. The number of methoxy groups -OCH3 is 1. The van der Waals surface area contributed by atoms with E-state index < -0.39 is 0 Å². The average Bonchev–Trinajstić information content (AvgIpc) is 2.98. The molecule has 1 atom stereocenters. The van der Waals surface area contributed by atoms with E-state index in [1.54, 1.807) is 7.11 Å². The van der Waals surface area contributed by atoms with E-state index in [1.165, 1.54) is 38.8 Å². The summed E-state index contributed by atoms with van der Waals surface area (Å²) < 4.78 is 5.04.